The predicted octanol–water partition coefficient (Wildman–Crippen LogP) is 5.30. The number of thiocarbonyl (C=S) groups is 1. The van der Waals surface area contributed by atoms with Crippen LogP contribution < -0.4 is 0 Å². The highest BCUT2D eigenvalue weighted by molar-refractivity contribution is 8.22. The zero-order valence-corrected chi connectivity index (χ0v) is 16.0. The molecule has 0 saturated carbocycles. The summed E-state index contributed by atoms with van der Waals surface area (Å²) < 4.78 is 0.872. The fourth-order valence-corrected chi connectivity index (χ4v) is 3.44. The van der Waals surface area contributed by atoms with Crippen LogP contribution >= 0.6 is 24.0 Å². The monoisotopic (exact) mass is 331 g/mol. The van der Waals surface area contributed by atoms with Gasteiger partial charge in [0.25, 0.3) is 0 Å². The van der Waals surface area contributed by atoms with E-state index in [4.69, 9.17) is 12.2 Å². The molecule has 0 spiro atoms. The number of hydrogen-bond donors (Lipinski definition) is 0. The number of rotatable bonds is 12. The first-order valence-corrected chi connectivity index (χ1v) is 9.73. The molecule has 0 aromatic heterocycles. The van der Waals surface area contributed by atoms with Crippen molar-refractivity contribution in [1.82, 2.24) is 4.90 Å². The van der Waals surface area contributed by atoms with Crippen molar-refractivity contribution in [3.05, 3.63) is 0 Å². The fraction of sp³-hybridized carbons (Fsp3) is 0.882. The van der Waals surface area contributed by atoms with Crippen LogP contribution in [0.2, 0.25) is 0 Å². The molecule has 0 aliphatic rings. The molecule has 4 heteroatoms. The van der Waals surface area contributed by atoms with Gasteiger partial charge in [-0.15, -0.1) is 0 Å². The van der Waals surface area contributed by atoms with E-state index < -0.39 is 0 Å². The summed E-state index contributed by atoms with van der Waals surface area (Å²) in [4.78, 5) is 13.6. The normalized spacial score (nSPS) is 12.2. The van der Waals surface area contributed by atoms with Gasteiger partial charge in [0.15, 0.2) is 0 Å². The van der Waals surface area contributed by atoms with Crippen molar-refractivity contribution < 1.29 is 4.79 Å². The highest BCUT2D eigenvalue weighted by Gasteiger charge is 2.15. The van der Waals surface area contributed by atoms with Gasteiger partial charge in [-0.2, -0.15) is 0 Å². The number of carbonyl (C=O) groups excluding carboxylic acids is 1. The Morgan fingerprint density at radius 3 is 2.05 bits per heavy atom. The Balaban J connectivity index is 3.71. The van der Waals surface area contributed by atoms with E-state index in [0.717, 1.165) is 16.5 Å². The van der Waals surface area contributed by atoms with Gasteiger partial charge < -0.3 is 4.90 Å². The number of carbonyl (C=O) groups is 1. The predicted molar refractivity (Wildman–Crippen MR) is 100 cm³/mol. The zero-order chi connectivity index (χ0) is 16.1. The quantitative estimate of drug-likeness (QED) is 0.357. The molecule has 0 N–H and O–H groups in total. The molecule has 2 nitrogen and oxygen atoms in total. The zero-order valence-electron chi connectivity index (χ0n) is 14.3. The lowest BCUT2D eigenvalue weighted by molar-refractivity contribution is -0.120. The van der Waals surface area contributed by atoms with Crippen LogP contribution in [0.3, 0.4) is 0 Å². The van der Waals surface area contributed by atoms with Crippen molar-refractivity contribution in [2.24, 2.45) is 5.92 Å². The van der Waals surface area contributed by atoms with Gasteiger partial charge >= 0.3 is 0 Å². The molecule has 21 heavy (non-hydrogen) atoms. The number of Topliss-reactive ketones (excluding diaryl/α,β-unsaturated/α-hetero) is 1. The van der Waals surface area contributed by atoms with Crippen LogP contribution in [-0.4, -0.2) is 34.9 Å². The maximum Gasteiger partial charge on any atom is 0.135 e. The number of unbranched alkanes of at least 4 members (excludes halogenated alkanes) is 7. The molecule has 1 unspecified atom stereocenters. The molecule has 0 aromatic rings. The molecule has 0 fully saturated rings. The summed E-state index contributed by atoms with van der Waals surface area (Å²) in [7, 11) is 3.91. The van der Waals surface area contributed by atoms with Gasteiger partial charge in [-0.05, 0) is 13.3 Å². The summed E-state index contributed by atoms with van der Waals surface area (Å²) >= 11 is 6.90. The van der Waals surface area contributed by atoms with E-state index in [-0.39, 0.29) is 5.92 Å². The average molecular weight is 332 g/mol. The van der Waals surface area contributed by atoms with Crippen LogP contribution in [0.4, 0.5) is 0 Å². The minimum absolute atomic E-state index is 0.174. The van der Waals surface area contributed by atoms with E-state index in [1.54, 1.807) is 18.7 Å². The first kappa shape index (κ1) is 20.9. The van der Waals surface area contributed by atoms with E-state index >= 15 is 0 Å². The number of hydrogen-bond acceptors (Lipinski definition) is 3. The molecular formula is C17H33NOS2. The maximum atomic E-state index is 11.7. The lowest BCUT2D eigenvalue weighted by atomic mass is 9.98. The van der Waals surface area contributed by atoms with Crippen molar-refractivity contribution in [3.8, 4) is 0 Å². The Labute approximate surface area is 141 Å². The Hall–Kier alpha value is -0.0900. The van der Waals surface area contributed by atoms with E-state index in [1.165, 1.54) is 51.4 Å². The van der Waals surface area contributed by atoms with Crippen molar-refractivity contribution in [3.63, 3.8) is 0 Å². The Morgan fingerprint density at radius 1 is 1.05 bits per heavy atom. The third-order valence-corrected chi connectivity index (χ3v) is 5.65. The molecular weight excluding hydrogens is 298 g/mol. The summed E-state index contributed by atoms with van der Waals surface area (Å²) in [5, 5.41) is 0. The average Bonchev–Trinajstić information content (AvgIpc) is 2.43. The summed E-state index contributed by atoms with van der Waals surface area (Å²) in [6.07, 6.45) is 11.6. The molecule has 0 heterocycles. The molecule has 0 radical (unpaired) electrons. The summed E-state index contributed by atoms with van der Waals surface area (Å²) in [5.41, 5.74) is 0. The van der Waals surface area contributed by atoms with E-state index in [1.807, 2.05) is 19.0 Å². The second-order valence-corrected chi connectivity index (χ2v) is 7.70. The highest BCUT2D eigenvalue weighted by atomic mass is 32.2. The maximum absolute atomic E-state index is 11.7. The van der Waals surface area contributed by atoms with Crippen LogP contribution in [-0.2, 0) is 4.79 Å². The van der Waals surface area contributed by atoms with Crippen molar-refractivity contribution in [2.75, 3.05) is 19.8 Å². The number of nitrogens with zero attached hydrogens (tertiary/aromatic N) is 1. The molecule has 0 aliphatic carbocycles. The van der Waals surface area contributed by atoms with Crippen LogP contribution in [0.25, 0.3) is 0 Å². The fourth-order valence-electron chi connectivity index (χ4n) is 2.23. The lowest BCUT2D eigenvalue weighted by Crippen LogP contribution is -2.20. The Kier molecular flexibility index (Phi) is 13.5. The Bertz CT molecular complexity index is 293. The molecule has 0 bridgehead atoms. The first-order valence-electron chi connectivity index (χ1n) is 8.33. The third kappa shape index (κ3) is 12.2. The van der Waals surface area contributed by atoms with Gasteiger partial charge in [0.2, 0.25) is 0 Å². The second kappa shape index (κ2) is 13.6. The molecule has 124 valence electrons. The van der Waals surface area contributed by atoms with Gasteiger partial charge in [-0.3, -0.25) is 4.79 Å². The summed E-state index contributed by atoms with van der Waals surface area (Å²) in [6.45, 7) is 3.97. The van der Waals surface area contributed by atoms with Gasteiger partial charge in [-0.25, -0.2) is 0 Å². The third-order valence-electron chi connectivity index (χ3n) is 3.75. The van der Waals surface area contributed by atoms with E-state index in [0.29, 0.717) is 5.78 Å². The standard InChI is InChI=1S/C17H33NOS2/c1-5-6-7-8-9-10-11-12-13-16(15(2)19)14-21-17(20)18(3)4/h16H,5-14H2,1-4H3. The van der Waals surface area contributed by atoms with Crippen molar-refractivity contribution in [1.29, 1.82) is 0 Å². The SMILES string of the molecule is CCCCCCCCCCC(CSC(=S)N(C)C)C(C)=O. The molecule has 0 saturated heterocycles. The number of thioether (sulfide) groups is 1. The number of ketones is 1. The van der Waals surface area contributed by atoms with Gasteiger partial charge in [-0.1, -0.05) is 82.3 Å². The minimum atomic E-state index is 0.174. The van der Waals surface area contributed by atoms with Gasteiger partial charge in [0.1, 0.15) is 10.1 Å². The van der Waals surface area contributed by atoms with Crippen LogP contribution in [0.1, 0.15) is 71.6 Å². The van der Waals surface area contributed by atoms with Crippen molar-refractivity contribution >= 4 is 34.1 Å². The summed E-state index contributed by atoms with van der Waals surface area (Å²) in [6, 6.07) is 0. The second-order valence-electron chi connectivity index (χ2n) is 6.04. The minimum Gasteiger partial charge on any atom is -0.364 e. The smallest absolute Gasteiger partial charge is 0.135 e. The van der Waals surface area contributed by atoms with Crippen LogP contribution in [0, 0.1) is 5.92 Å². The molecule has 1 atom stereocenters. The van der Waals surface area contributed by atoms with Crippen LogP contribution in [0.15, 0.2) is 0 Å². The molecule has 0 aromatic carbocycles. The summed E-state index contributed by atoms with van der Waals surface area (Å²) in [5.74, 6) is 1.32. The highest BCUT2D eigenvalue weighted by Crippen LogP contribution is 2.19. The van der Waals surface area contributed by atoms with Gasteiger partial charge in [0.05, 0.1) is 0 Å². The van der Waals surface area contributed by atoms with E-state index in [9.17, 15) is 4.79 Å². The molecule has 0 aliphatic heterocycles. The molecule has 0 rings (SSSR count). The first-order chi connectivity index (χ1) is 9.99. The molecule has 0 amide bonds. The van der Waals surface area contributed by atoms with Crippen LogP contribution in [0.5, 0.6) is 0 Å². The lowest BCUT2D eigenvalue weighted by Gasteiger charge is -2.17. The van der Waals surface area contributed by atoms with Gasteiger partial charge in [0, 0.05) is 25.8 Å². The van der Waals surface area contributed by atoms with Crippen molar-refractivity contribution in [2.45, 2.75) is 71.6 Å². The Morgan fingerprint density at radius 2 is 1.57 bits per heavy atom. The van der Waals surface area contributed by atoms with E-state index in [2.05, 4.69) is 6.92 Å². The largest absolute Gasteiger partial charge is 0.364 e. The topological polar surface area (TPSA) is 20.3 Å².